The van der Waals surface area contributed by atoms with E-state index in [0.717, 1.165) is 6.29 Å². The maximum absolute atomic E-state index is 10.7. The lowest BCUT2D eigenvalue weighted by Gasteiger charge is -2.15. The van der Waals surface area contributed by atoms with Gasteiger partial charge in [0.2, 0.25) is 0 Å². The summed E-state index contributed by atoms with van der Waals surface area (Å²) in [6.45, 7) is 5.07. The quantitative estimate of drug-likeness (QED) is 0.690. The molecule has 5 nitrogen and oxygen atoms in total. The predicted octanol–water partition coefficient (Wildman–Crippen LogP) is 1.67. The number of benzene rings is 1. The summed E-state index contributed by atoms with van der Waals surface area (Å²) in [7, 11) is 0. The van der Waals surface area contributed by atoms with Crippen LogP contribution in [0.25, 0.3) is 0 Å². The molecule has 0 amide bonds. The van der Waals surface area contributed by atoms with Crippen LogP contribution in [0.15, 0.2) is 18.2 Å². The topological polar surface area (TPSA) is 65.0 Å². The number of aliphatic hydroxyl groups is 1. The highest BCUT2D eigenvalue weighted by molar-refractivity contribution is 5.76. The Balaban J connectivity index is 2.63. The van der Waals surface area contributed by atoms with Crippen LogP contribution in [0.1, 0.15) is 24.2 Å². The number of hydrogen-bond donors (Lipinski definition) is 1. The average molecular weight is 268 g/mol. The Morgan fingerprint density at radius 1 is 1.16 bits per heavy atom. The fraction of sp³-hybridized carbons (Fsp3) is 0.500. The van der Waals surface area contributed by atoms with Crippen molar-refractivity contribution in [1.82, 2.24) is 0 Å². The van der Waals surface area contributed by atoms with E-state index >= 15 is 0 Å². The van der Waals surface area contributed by atoms with Gasteiger partial charge in [-0.25, -0.2) is 0 Å². The third-order valence-corrected chi connectivity index (χ3v) is 2.35. The van der Waals surface area contributed by atoms with Gasteiger partial charge in [0.05, 0.1) is 13.2 Å². The molecule has 0 aliphatic rings. The summed E-state index contributed by atoms with van der Waals surface area (Å²) in [4.78, 5) is 10.7. The van der Waals surface area contributed by atoms with Gasteiger partial charge in [-0.3, -0.25) is 4.79 Å². The van der Waals surface area contributed by atoms with Crippen molar-refractivity contribution >= 4 is 6.29 Å². The first kappa shape index (κ1) is 15.5. The summed E-state index contributed by atoms with van der Waals surface area (Å²) in [5.74, 6) is 0.999. The zero-order chi connectivity index (χ0) is 14.1. The van der Waals surface area contributed by atoms with Crippen LogP contribution >= 0.6 is 0 Å². The molecule has 0 heterocycles. The highest BCUT2D eigenvalue weighted by atomic mass is 16.5. The Labute approximate surface area is 113 Å². The van der Waals surface area contributed by atoms with E-state index in [1.165, 1.54) is 0 Å². The molecule has 0 bridgehead atoms. The maximum atomic E-state index is 10.7. The summed E-state index contributed by atoms with van der Waals surface area (Å²) in [5.41, 5.74) is 0.519. The standard InChI is InChI=1S/C14H20O5/c1-3-17-9-12(16)10-19-13-6-5-11(8-15)7-14(13)18-4-2/h5-8,12,16H,3-4,9-10H2,1-2H3. The minimum Gasteiger partial charge on any atom is -0.490 e. The van der Waals surface area contributed by atoms with Crippen LogP contribution in [-0.2, 0) is 4.74 Å². The number of carbonyl (C=O) groups is 1. The Morgan fingerprint density at radius 2 is 1.95 bits per heavy atom. The molecule has 5 heteroatoms. The van der Waals surface area contributed by atoms with Gasteiger partial charge in [-0.15, -0.1) is 0 Å². The zero-order valence-corrected chi connectivity index (χ0v) is 11.3. The molecule has 0 aliphatic carbocycles. The van der Waals surface area contributed by atoms with Gasteiger partial charge in [0, 0.05) is 12.2 Å². The fourth-order valence-corrected chi connectivity index (χ4v) is 1.47. The van der Waals surface area contributed by atoms with Gasteiger partial charge in [-0.2, -0.15) is 0 Å². The van der Waals surface area contributed by atoms with Gasteiger partial charge < -0.3 is 19.3 Å². The lowest BCUT2D eigenvalue weighted by atomic mass is 10.2. The molecule has 1 aromatic carbocycles. The highest BCUT2D eigenvalue weighted by Gasteiger charge is 2.10. The minimum atomic E-state index is -0.694. The van der Waals surface area contributed by atoms with Gasteiger partial charge in [0.15, 0.2) is 11.5 Å². The zero-order valence-electron chi connectivity index (χ0n) is 11.3. The molecule has 1 unspecified atom stereocenters. The minimum absolute atomic E-state index is 0.112. The first-order valence-electron chi connectivity index (χ1n) is 6.31. The number of aliphatic hydroxyl groups excluding tert-OH is 1. The van der Waals surface area contributed by atoms with Crippen LogP contribution in [0.3, 0.4) is 0 Å². The molecule has 1 atom stereocenters. The predicted molar refractivity (Wildman–Crippen MR) is 71.0 cm³/mol. The second-order valence-electron chi connectivity index (χ2n) is 3.88. The monoisotopic (exact) mass is 268 g/mol. The van der Waals surface area contributed by atoms with E-state index in [1.54, 1.807) is 18.2 Å². The van der Waals surface area contributed by atoms with E-state index in [1.807, 2.05) is 13.8 Å². The molecule has 19 heavy (non-hydrogen) atoms. The first-order valence-corrected chi connectivity index (χ1v) is 6.31. The third-order valence-electron chi connectivity index (χ3n) is 2.35. The van der Waals surface area contributed by atoms with Gasteiger partial charge in [0.25, 0.3) is 0 Å². The van der Waals surface area contributed by atoms with Crippen molar-refractivity contribution in [1.29, 1.82) is 0 Å². The van der Waals surface area contributed by atoms with Crippen molar-refractivity contribution in [3.63, 3.8) is 0 Å². The van der Waals surface area contributed by atoms with Crippen LogP contribution in [0, 0.1) is 0 Å². The molecule has 0 aliphatic heterocycles. The Hall–Kier alpha value is -1.59. The van der Waals surface area contributed by atoms with Crippen molar-refractivity contribution in [2.45, 2.75) is 20.0 Å². The largest absolute Gasteiger partial charge is 0.490 e. The number of hydrogen-bond acceptors (Lipinski definition) is 5. The summed E-state index contributed by atoms with van der Waals surface area (Å²) >= 11 is 0. The van der Waals surface area contributed by atoms with Crippen LogP contribution in [0.5, 0.6) is 11.5 Å². The lowest BCUT2D eigenvalue weighted by Crippen LogP contribution is -2.23. The second-order valence-corrected chi connectivity index (χ2v) is 3.88. The van der Waals surface area contributed by atoms with Crippen LogP contribution in [0.2, 0.25) is 0 Å². The summed E-state index contributed by atoms with van der Waals surface area (Å²) in [5, 5.41) is 9.62. The molecular weight excluding hydrogens is 248 g/mol. The number of carbonyl (C=O) groups excluding carboxylic acids is 1. The smallest absolute Gasteiger partial charge is 0.161 e. The molecule has 0 saturated heterocycles. The highest BCUT2D eigenvalue weighted by Crippen LogP contribution is 2.28. The van der Waals surface area contributed by atoms with Crippen molar-refractivity contribution in [2.75, 3.05) is 26.4 Å². The molecule has 0 radical (unpaired) electrons. The fourth-order valence-electron chi connectivity index (χ4n) is 1.47. The van der Waals surface area contributed by atoms with Crippen molar-refractivity contribution in [2.24, 2.45) is 0 Å². The van der Waals surface area contributed by atoms with Crippen molar-refractivity contribution in [3.05, 3.63) is 23.8 Å². The Kier molecular flexibility index (Phi) is 6.92. The molecular formula is C14H20O5. The van der Waals surface area contributed by atoms with E-state index in [2.05, 4.69) is 0 Å². The van der Waals surface area contributed by atoms with E-state index in [-0.39, 0.29) is 13.2 Å². The summed E-state index contributed by atoms with van der Waals surface area (Å²) in [6, 6.07) is 4.91. The molecule has 0 saturated carbocycles. The maximum Gasteiger partial charge on any atom is 0.161 e. The van der Waals surface area contributed by atoms with Gasteiger partial charge in [-0.1, -0.05) is 0 Å². The molecule has 1 aromatic rings. The van der Waals surface area contributed by atoms with E-state index in [0.29, 0.717) is 30.3 Å². The van der Waals surface area contributed by atoms with Gasteiger partial charge >= 0.3 is 0 Å². The molecule has 106 valence electrons. The summed E-state index contributed by atoms with van der Waals surface area (Å²) < 4.78 is 16.0. The number of ether oxygens (including phenoxy) is 3. The summed E-state index contributed by atoms with van der Waals surface area (Å²) in [6.07, 6.45) is 0.0520. The lowest BCUT2D eigenvalue weighted by molar-refractivity contribution is 0.0158. The van der Waals surface area contributed by atoms with E-state index in [9.17, 15) is 9.90 Å². The van der Waals surface area contributed by atoms with Crippen LogP contribution in [-0.4, -0.2) is 43.9 Å². The SMILES string of the molecule is CCOCC(O)COc1ccc(C=O)cc1OCC. The molecule has 0 spiro atoms. The number of rotatable bonds is 9. The third kappa shape index (κ3) is 5.28. The Morgan fingerprint density at radius 3 is 2.58 bits per heavy atom. The second kappa shape index (κ2) is 8.50. The molecule has 0 aromatic heterocycles. The first-order chi connectivity index (χ1) is 9.21. The molecule has 0 fully saturated rings. The van der Waals surface area contributed by atoms with Gasteiger partial charge in [-0.05, 0) is 32.0 Å². The van der Waals surface area contributed by atoms with Crippen LogP contribution in [0.4, 0.5) is 0 Å². The van der Waals surface area contributed by atoms with E-state index < -0.39 is 6.10 Å². The normalized spacial score (nSPS) is 11.9. The van der Waals surface area contributed by atoms with Crippen LogP contribution < -0.4 is 9.47 Å². The van der Waals surface area contributed by atoms with E-state index in [4.69, 9.17) is 14.2 Å². The molecule has 1 rings (SSSR count). The Bertz CT molecular complexity index is 391. The van der Waals surface area contributed by atoms with Gasteiger partial charge in [0.1, 0.15) is 19.0 Å². The van der Waals surface area contributed by atoms with Crippen molar-refractivity contribution < 1.29 is 24.1 Å². The number of aldehydes is 1. The average Bonchev–Trinajstić information content (AvgIpc) is 2.43. The van der Waals surface area contributed by atoms with Crippen molar-refractivity contribution in [3.8, 4) is 11.5 Å². The molecule has 1 N–H and O–H groups in total.